The lowest BCUT2D eigenvalue weighted by Gasteiger charge is -2.13. The zero-order valence-corrected chi connectivity index (χ0v) is 10.3. The molecule has 0 saturated heterocycles. The maximum Gasteiger partial charge on any atom is 0.124 e. The van der Waals surface area contributed by atoms with Gasteiger partial charge in [-0.05, 0) is 29.8 Å². The number of benzene rings is 1. The highest BCUT2D eigenvalue weighted by Crippen LogP contribution is 2.23. The molecule has 1 heterocycles. The summed E-state index contributed by atoms with van der Waals surface area (Å²) in [6.07, 6.45) is 1.67. The molecule has 1 atom stereocenters. The van der Waals surface area contributed by atoms with Crippen molar-refractivity contribution in [3.8, 4) is 0 Å². The van der Waals surface area contributed by atoms with Crippen LogP contribution in [0.15, 0.2) is 34.9 Å². The molecule has 0 radical (unpaired) electrons. The van der Waals surface area contributed by atoms with Crippen molar-refractivity contribution in [1.82, 2.24) is 9.78 Å². The van der Waals surface area contributed by atoms with Crippen LogP contribution in [0, 0.1) is 5.82 Å². The maximum absolute atomic E-state index is 13.2. The van der Waals surface area contributed by atoms with Crippen LogP contribution in [0.3, 0.4) is 0 Å². The van der Waals surface area contributed by atoms with Crippen LogP contribution in [-0.2, 0) is 7.05 Å². The molecule has 2 aromatic rings. The van der Waals surface area contributed by atoms with Crippen LogP contribution in [-0.4, -0.2) is 9.78 Å². The third kappa shape index (κ3) is 2.15. The van der Waals surface area contributed by atoms with E-state index in [9.17, 15) is 4.39 Å². The first-order chi connectivity index (χ1) is 7.58. The Hall–Kier alpha value is -1.20. The van der Waals surface area contributed by atoms with Crippen LogP contribution in [0.5, 0.6) is 0 Å². The largest absolute Gasteiger partial charge is 0.319 e. The highest BCUT2D eigenvalue weighted by Gasteiger charge is 2.13. The zero-order valence-electron chi connectivity index (χ0n) is 8.69. The molecule has 0 aliphatic rings. The van der Waals surface area contributed by atoms with Crippen LogP contribution in [0.4, 0.5) is 4.39 Å². The highest BCUT2D eigenvalue weighted by molar-refractivity contribution is 9.10. The van der Waals surface area contributed by atoms with Crippen LogP contribution in [0.2, 0.25) is 0 Å². The Kier molecular flexibility index (Phi) is 3.07. The van der Waals surface area contributed by atoms with Gasteiger partial charge in [0.25, 0.3) is 0 Å². The molecule has 1 aromatic heterocycles. The van der Waals surface area contributed by atoms with Gasteiger partial charge in [0.1, 0.15) is 5.82 Å². The molecule has 0 saturated carbocycles. The molecule has 0 aliphatic carbocycles. The SMILES string of the molecule is Cn1nccc1C(N)c1cc(F)cc(Br)c1. The van der Waals surface area contributed by atoms with E-state index in [1.165, 1.54) is 12.1 Å². The Balaban J connectivity index is 2.41. The second kappa shape index (κ2) is 4.35. The first-order valence-electron chi connectivity index (χ1n) is 4.77. The number of halogens is 2. The molecule has 16 heavy (non-hydrogen) atoms. The third-order valence-corrected chi connectivity index (χ3v) is 2.88. The van der Waals surface area contributed by atoms with Crippen LogP contribution in [0.25, 0.3) is 0 Å². The molecule has 0 fully saturated rings. The average Bonchev–Trinajstić information content (AvgIpc) is 2.62. The van der Waals surface area contributed by atoms with Gasteiger partial charge in [-0.15, -0.1) is 0 Å². The molecule has 0 spiro atoms. The van der Waals surface area contributed by atoms with E-state index in [-0.39, 0.29) is 11.9 Å². The fraction of sp³-hybridized carbons (Fsp3) is 0.182. The van der Waals surface area contributed by atoms with Crippen molar-refractivity contribution in [2.24, 2.45) is 12.8 Å². The number of nitrogens with two attached hydrogens (primary N) is 1. The monoisotopic (exact) mass is 283 g/mol. The molecular weight excluding hydrogens is 273 g/mol. The highest BCUT2D eigenvalue weighted by atomic mass is 79.9. The Morgan fingerprint density at radius 1 is 1.44 bits per heavy atom. The van der Waals surface area contributed by atoms with Crippen molar-refractivity contribution in [1.29, 1.82) is 0 Å². The predicted octanol–water partition coefficient (Wildman–Crippen LogP) is 2.37. The van der Waals surface area contributed by atoms with E-state index >= 15 is 0 Å². The van der Waals surface area contributed by atoms with Gasteiger partial charge in [-0.2, -0.15) is 5.10 Å². The Morgan fingerprint density at radius 2 is 2.19 bits per heavy atom. The summed E-state index contributed by atoms with van der Waals surface area (Å²) in [7, 11) is 1.81. The fourth-order valence-corrected chi connectivity index (χ4v) is 2.10. The van der Waals surface area contributed by atoms with E-state index in [2.05, 4.69) is 21.0 Å². The second-order valence-corrected chi connectivity index (χ2v) is 4.48. The van der Waals surface area contributed by atoms with Crippen molar-refractivity contribution in [3.63, 3.8) is 0 Å². The second-order valence-electron chi connectivity index (χ2n) is 3.56. The summed E-state index contributed by atoms with van der Waals surface area (Å²) in [6.45, 7) is 0. The summed E-state index contributed by atoms with van der Waals surface area (Å²) in [5, 5.41) is 4.04. The average molecular weight is 284 g/mol. The van der Waals surface area contributed by atoms with E-state index < -0.39 is 0 Å². The Bertz CT molecular complexity index is 489. The topological polar surface area (TPSA) is 43.8 Å². The number of aryl methyl sites for hydroxylation is 1. The minimum atomic E-state index is -0.375. The quantitative estimate of drug-likeness (QED) is 0.920. The molecule has 0 aliphatic heterocycles. The van der Waals surface area contributed by atoms with Gasteiger partial charge in [0.05, 0.1) is 11.7 Å². The minimum absolute atomic E-state index is 0.304. The van der Waals surface area contributed by atoms with E-state index in [0.717, 1.165) is 11.3 Å². The molecular formula is C11H11BrFN3. The van der Waals surface area contributed by atoms with Gasteiger partial charge in [0, 0.05) is 17.7 Å². The third-order valence-electron chi connectivity index (χ3n) is 2.42. The van der Waals surface area contributed by atoms with Gasteiger partial charge in [-0.3, -0.25) is 4.68 Å². The van der Waals surface area contributed by atoms with Gasteiger partial charge < -0.3 is 5.73 Å². The van der Waals surface area contributed by atoms with Gasteiger partial charge in [-0.1, -0.05) is 15.9 Å². The predicted molar refractivity (Wildman–Crippen MR) is 63.3 cm³/mol. The van der Waals surface area contributed by atoms with Gasteiger partial charge in [0.15, 0.2) is 0 Å². The van der Waals surface area contributed by atoms with Gasteiger partial charge in [-0.25, -0.2) is 4.39 Å². The minimum Gasteiger partial charge on any atom is -0.319 e. The Morgan fingerprint density at radius 3 is 2.75 bits per heavy atom. The van der Waals surface area contributed by atoms with Crippen molar-refractivity contribution < 1.29 is 4.39 Å². The van der Waals surface area contributed by atoms with E-state index in [4.69, 9.17) is 5.73 Å². The van der Waals surface area contributed by atoms with Crippen molar-refractivity contribution in [3.05, 3.63) is 52.0 Å². The van der Waals surface area contributed by atoms with Crippen LogP contribution >= 0.6 is 15.9 Å². The number of hydrogen-bond acceptors (Lipinski definition) is 2. The van der Waals surface area contributed by atoms with Gasteiger partial charge >= 0.3 is 0 Å². The number of hydrogen-bond donors (Lipinski definition) is 1. The van der Waals surface area contributed by atoms with Crippen molar-refractivity contribution >= 4 is 15.9 Å². The smallest absolute Gasteiger partial charge is 0.124 e. The van der Waals surface area contributed by atoms with E-state index in [0.29, 0.717) is 4.47 Å². The zero-order chi connectivity index (χ0) is 11.7. The molecule has 2 N–H and O–H groups in total. The first kappa shape index (κ1) is 11.3. The van der Waals surface area contributed by atoms with E-state index in [1.807, 2.05) is 13.1 Å². The van der Waals surface area contributed by atoms with E-state index in [1.54, 1.807) is 16.9 Å². The first-order valence-corrected chi connectivity index (χ1v) is 5.56. The molecule has 84 valence electrons. The summed E-state index contributed by atoms with van der Waals surface area (Å²) < 4.78 is 15.6. The number of aromatic nitrogens is 2. The van der Waals surface area contributed by atoms with Crippen molar-refractivity contribution in [2.75, 3.05) is 0 Å². The maximum atomic E-state index is 13.2. The van der Waals surface area contributed by atoms with Crippen LogP contribution in [0.1, 0.15) is 17.3 Å². The summed E-state index contributed by atoms with van der Waals surface area (Å²) in [4.78, 5) is 0. The fourth-order valence-electron chi connectivity index (χ4n) is 1.61. The lowest BCUT2D eigenvalue weighted by atomic mass is 10.0. The molecule has 2 rings (SSSR count). The summed E-state index contributed by atoms with van der Waals surface area (Å²) in [5.41, 5.74) is 7.61. The summed E-state index contributed by atoms with van der Waals surface area (Å²) >= 11 is 3.25. The van der Waals surface area contributed by atoms with Crippen LogP contribution < -0.4 is 5.73 Å². The van der Waals surface area contributed by atoms with Gasteiger partial charge in [0.2, 0.25) is 0 Å². The molecule has 0 bridgehead atoms. The molecule has 3 nitrogen and oxygen atoms in total. The molecule has 1 aromatic carbocycles. The lowest BCUT2D eigenvalue weighted by molar-refractivity contribution is 0.618. The standard InChI is InChI=1S/C11H11BrFN3/c1-16-10(2-3-15-16)11(14)7-4-8(12)6-9(13)5-7/h2-6,11H,14H2,1H3. The summed E-state index contributed by atoms with van der Waals surface area (Å²) in [6, 6.07) is 6.09. The normalized spacial score (nSPS) is 12.8. The summed E-state index contributed by atoms with van der Waals surface area (Å²) in [5.74, 6) is -0.304. The Labute approximate surface area is 101 Å². The molecule has 1 unspecified atom stereocenters. The number of nitrogens with zero attached hydrogens (tertiary/aromatic N) is 2. The molecule has 0 amide bonds. The number of rotatable bonds is 2. The lowest BCUT2D eigenvalue weighted by Crippen LogP contribution is -2.16. The van der Waals surface area contributed by atoms with Crippen molar-refractivity contribution in [2.45, 2.75) is 6.04 Å². The molecule has 5 heteroatoms.